The molecule has 0 saturated carbocycles. The fourth-order valence-electron chi connectivity index (χ4n) is 2.91. The second-order valence-corrected chi connectivity index (χ2v) is 9.22. The van der Waals surface area contributed by atoms with Gasteiger partial charge in [-0.1, -0.05) is 30.3 Å². The minimum Gasteiger partial charge on any atom is -0.481 e. The zero-order valence-electron chi connectivity index (χ0n) is 18.7. The van der Waals surface area contributed by atoms with E-state index in [1.165, 1.54) is 7.05 Å². The number of aliphatic imine (C=N–C) groups is 1. The Bertz CT molecular complexity index is 980. The SMILES string of the molecule is CN(CC(=O)NC(C=O)CCCN=C(N)N)C(=O)C(CC(=O)O)NS(=O)(=O)Cc1ccccc1. The summed E-state index contributed by atoms with van der Waals surface area (Å²) in [6.45, 7) is -0.255. The Morgan fingerprint density at radius 1 is 1.21 bits per heavy atom. The minimum atomic E-state index is -4.06. The summed E-state index contributed by atoms with van der Waals surface area (Å²) in [5.41, 5.74) is 10.9. The number of carbonyl (C=O) groups is 4. The number of carboxylic acid groups (broad SMARTS) is 1. The molecule has 0 aromatic heterocycles. The number of aliphatic carboxylic acids is 1. The first-order valence-electron chi connectivity index (χ1n) is 10.2. The number of nitrogens with one attached hydrogen (secondary N) is 2. The third kappa shape index (κ3) is 11.4. The number of sulfonamides is 1. The van der Waals surface area contributed by atoms with Crippen molar-refractivity contribution in [3.63, 3.8) is 0 Å². The predicted molar refractivity (Wildman–Crippen MR) is 124 cm³/mol. The number of guanidine groups is 1. The molecule has 34 heavy (non-hydrogen) atoms. The van der Waals surface area contributed by atoms with Crippen molar-refractivity contribution in [1.82, 2.24) is 14.9 Å². The fourth-order valence-corrected chi connectivity index (χ4v) is 4.24. The molecule has 13 nitrogen and oxygen atoms in total. The fraction of sp³-hybridized carbons (Fsp3) is 0.450. The van der Waals surface area contributed by atoms with Gasteiger partial charge in [0.05, 0.1) is 24.8 Å². The lowest BCUT2D eigenvalue weighted by Crippen LogP contribution is -2.51. The predicted octanol–water partition coefficient (Wildman–Crippen LogP) is -1.85. The van der Waals surface area contributed by atoms with E-state index in [1.807, 2.05) is 0 Å². The van der Waals surface area contributed by atoms with E-state index in [0.29, 0.717) is 18.3 Å². The quantitative estimate of drug-likeness (QED) is 0.0792. The van der Waals surface area contributed by atoms with E-state index < -0.39 is 58.6 Å². The highest BCUT2D eigenvalue weighted by molar-refractivity contribution is 7.88. The van der Waals surface area contributed by atoms with Crippen LogP contribution in [0.25, 0.3) is 0 Å². The summed E-state index contributed by atoms with van der Waals surface area (Å²) >= 11 is 0. The molecule has 7 N–H and O–H groups in total. The van der Waals surface area contributed by atoms with Crippen LogP contribution in [0.15, 0.2) is 35.3 Å². The highest BCUT2D eigenvalue weighted by Gasteiger charge is 2.30. The van der Waals surface area contributed by atoms with Crippen molar-refractivity contribution < 1.29 is 32.7 Å². The summed E-state index contributed by atoms with van der Waals surface area (Å²) < 4.78 is 27.1. The molecule has 0 spiro atoms. The van der Waals surface area contributed by atoms with Gasteiger partial charge in [-0.05, 0) is 18.4 Å². The Balaban J connectivity index is 2.74. The van der Waals surface area contributed by atoms with E-state index >= 15 is 0 Å². The number of nitrogens with two attached hydrogens (primary N) is 2. The van der Waals surface area contributed by atoms with Gasteiger partial charge in [0.25, 0.3) is 0 Å². The minimum absolute atomic E-state index is 0.0952. The second-order valence-electron chi connectivity index (χ2n) is 7.47. The van der Waals surface area contributed by atoms with Crippen LogP contribution in [0.5, 0.6) is 0 Å². The monoisotopic (exact) mass is 498 g/mol. The van der Waals surface area contributed by atoms with Crippen LogP contribution in [0, 0.1) is 0 Å². The molecule has 0 fully saturated rings. The molecular weight excluding hydrogens is 468 g/mol. The Labute approximate surface area is 197 Å². The van der Waals surface area contributed by atoms with Gasteiger partial charge < -0.3 is 31.6 Å². The topological polar surface area (TPSA) is 214 Å². The maximum atomic E-state index is 12.7. The molecule has 0 radical (unpaired) electrons. The molecule has 1 rings (SSSR count). The normalized spacial score (nSPS) is 12.7. The van der Waals surface area contributed by atoms with E-state index in [4.69, 9.17) is 16.6 Å². The summed E-state index contributed by atoms with van der Waals surface area (Å²) in [6.07, 6.45) is 0.381. The largest absolute Gasteiger partial charge is 0.481 e. The molecule has 0 bridgehead atoms. The summed E-state index contributed by atoms with van der Waals surface area (Å²) in [6, 6.07) is 5.68. The molecule has 0 aliphatic carbocycles. The maximum absolute atomic E-state index is 12.7. The standard InChI is InChI=1S/C20H30N6O7S/c1-26(11-17(28)24-15(12-27)8-5-9-23-20(21)22)19(31)16(10-18(29)30)25-34(32,33)13-14-6-3-2-4-7-14/h2-4,6-7,12,15-16,25H,5,8-11,13H2,1H3,(H,24,28)(H,29,30)(H4,21,22,23). The Morgan fingerprint density at radius 3 is 2.41 bits per heavy atom. The van der Waals surface area contributed by atoms with Crippen LogP contribution < -0.4 is 21.5 Å². The molecule has 1 aromatic carbocycles. The van der Waals surface area contributed by atoms with Gasteiger partial charge in [-0.2, -0.15) is 0 Å². The lowest BCUT2D eigenvalue weighted by molar-refractivity contribution is -0.142. The van der Waals surface area contributed by atoms with Crippen molar-refractivity contribution in [2.45, 2.75) is 37.1 Å². The van der Waals surface area contributed by atoms with Crippen LogP contribution in [0.2, 0.25) is 0 Å². The van der Waals surface area contributed by atoms with Gasteiger partial charge >= 0.3 is 5.97 Å². The zero-order chi connectivity index (χ0) is 25.7. The number of benzene rings is 1. The number of likely N-dealkylation sites (N-methyl/N-ethyl adjacent to an activating group) is 1. The number of carboxylic acids is 1. The number of hydrogen-bond acceptors (Lipinski definition) is 7. The van der Waals surface area contributed by atoms with Gasteiger partial charge in [-0.25, -0.2) is 13.1 Å². The average molecular weight is 499 g/mol. The number of hydrogen-bond donors (Lipinski definition) is 5. The van der Waals surface area contributed by atoms with E-state index in [9.17, 15) is 27.6 Å². The lowest BCUT2D eigenvalue weighted by atomic mass is 10.1. The molecule has 0 aliphatic rings. The molecule has 0 heterocycles. The van der Waals surface area contributed by atoms with Crippen molar-refractivity contribution in [2.24, 2.45) is 16.5 Å². The Kier molecular flexibility index (Phi) is 11.7. The summed E-state index contributed by atoms with van der Waals surface area (Å²) in [7, 11) is -2.85. The summed E-state index contributed by atoms with van der Waals surface area (Å²) in [5.74, 6) is -3.55. The highest BCUT2D eigenvalue weighted by Crippen LogP contribution is 2.08. The van der Waals surface area contributed by atoms with E-state index in [2.05, 4.69) is 15.0 Å². The van der Waals surface area contributed by atoms with Crippen LogP contribution >= 0.6 is 0 Å². The third-order valence-corrected chi connectivity index (χ3v) is 5.79. The smallest absolute Gasteiger partial charge is 0.305 e. The number of carbonyl (C=O) groups excluding carboxylic acids is 3. The van der Waals surface area contributed by atoms with E-state index in [1.54, 1.807) is 30.3 Å². The number of amides is 2. The molecule has 0 saturated heterocycles. The number of rotatable bonds is 15. The van der Waals surface area contributed by atoms with Crippen LogP contribution in [-0.4, -0.2) is 80.7 Å². The third-order valence-electron chi connectivity index (χ3n) is 4.43. The van der Waals surface area contributed by atoms with Crippen LogP contribution in [0.3, 0.4) is 0 Å². The zero-order valence-corrected chi connectivity index (χ0v) is 19.5. The van der Waals surface area contributed by atoms with Crippen molar-refractivity contribution in [1.29, 1.82) is 0 Å². The first-order valence-corrected chi connectivity index (χ1v) is 11.9. The van der Waals surface area contributed by atoms with Gasteiger partial charge in [0.15, 0.2) is 5.96 Å². The first kappa shape index (κ1) is 28.5. The highest BCUT2D eigenvalue weighted by atomic mass is 32.2. The summed E-state index contributed by atoms with van der Waals surface area (Å²) in [4.78, 5) is 52.0. The molecule has 1 aromatic rings. The van der Waals surface area contributed by atoms with Crippen molar-refractivity contribution in [3.05, 3.63) is 35.9 Å². The molecule has 188 valence electrons. The van der Waals surface area contributed by atoms with Crippen LogP contribution in [-0.2, 0) is 35.0 Å². The Hall–Kier alpha value is -3.52. The molecule has 0 aliphatic heterocycles. The lowest BCUT2D eigenvalue weighted by Gasteiger charge is -2.24. The van der Waals surface area contributed by atoms with E-state index in [-0.39, 0.29) is 18.9 Å². The molecular formula is C20H30N6O7S. The second kappa shape index (κ2) is 13.9. The van der Waals surface area contributed by atoms with Crippen molar-refractivity contribution >= 4 is 40.1 Å². The van der Waals surface area contributed by atoms with Gasteiger partial charge in [0, 0.05) is 13.6 Å². The Morgan fingerprint density at radius 2 is 1.85 bits per heavy atom. The van der Waals surface area contributed by atoms with Crippen molar-refractivity contribution in [2.75, 3.05) is 20.1 Å². The van der Waals surface area contributed by atoms with Gasteiger partial charge in [0.2, 0.25) is 21.8 Å². The number of aldehydes is 1. The van der Waals surface area contributed by atoms with Gasteiger partial charge in [-0.15, -0.1) is 0 Å². The average Bonchev–Trinajstić information content (AvgIpc) is 2.74. The molecule has 2 amide bonds. The molecule has 14 heteroatoms. The number of nitrogens with zero attached hydrogens (tertiary/aromatic N) is 2. The summed E-state index contributed by atoms with van der Waals surface area (Å²) in [5, 5.41) is 11.6. The van der Waals surface area contributed by atoms with Crippen LogP contribution in [0.4, 0.5) is 0 Å². The van der Waals surface area contributed by atoms with Crippen molar-refractivity contribution in [3.8, 4) is 0 Å². The molecule has 2 atom stereocenters. The first-order chi connectivity index (χ1) is 15.9. The maximum Gasteiger partial charge on any atom is 0.305 e. The van der Waals surface area contributed by atoms with Gasteiger partial charge in [0.1, 0.15) is 12.3 Å². The van der Waals surface area contributed by atoms with E-state index in [0.717, 1.165) is 4.90 Å². The van der Waals surface area contributed by atoms with Gasteiger partial charge in [-0.3, -0.25) is 19.4 Å². The molecule has 2 unspecified atom stereocenters. The van der Waals surface area contributed by atoms with Crippen LogP contribution in [0.1, 0.15) is 24.8 Å².